The van der Waals surface area contributed by atoms with E-state index in [2.05, 4.69) is 8.75 Å². The minimum absolute atomic E-state index is 0.130. The minimum Gasteiger partial charge on any atom is -0.382 e. The summed E-state index contributed by atoms with van der Waals surface area (Å²) in [5.74, 6) is -0.130. The maximum absolute atomic E-state index is 12.7. The number of carbonyl (C=O) groups is 1. The molecule has 0 N–H and O–H groups in total. The minimum atomic E-state index is -0.439. The van der Waals surface area contributed by atoms with Gasteiger partial charge < -0.3 is 9.64 Å². The van der Waals surface area contributed by atoms with Crippen LogP contribution in [0.2, 0.25) is 0 Å². The van der Waals surface area contributed by atoms with Crippen LogP contribution >= 0.6 is 11.7 Å². The van der Waals surface area contributed by atoms with Gasteiger partial charge in [0.2, 0.25) is 0 Å². The van der Waals surface area contributed by atoms with Gasteiger partial charge in [-0.2, -0.15) is 8.75 Å². The van der Waals surface area contributed by atoms with Crippen LogP contribution in [0.25, 0.3) is 0 Å². The average molecular weight is 305 g/mol. The number of aromatic nitrogens is 2. The van der Waals surface area contributed by atoms with Crippen LogP contribution in [0.5, 0.6) is 0 Å². The summed E-state index contributed by atoms with van der Waals surface area (Å²) in [5, 5.41) is 0. The first kappa shape index (κ1) is 15.6. The van der Waals surface area contributed by atoms with E-state index in [1.807, 2.05) is 44.2 Å². The fraction of sp³-hybridized carbons (Fsp3) is 0.400. The summed E-state index contributed by atoms with van der Waals surface area (Å²) in [4.78, 5) is 14.5. The Morgan fingerprint density at radius 2 is 2.05 bits per heavy atom. The van der Waals surface area contributed by atoms with Crippen LogP contribution in [0.1, 0.15) is 29.9 Å². The topological polar surface area (TPSA) is 55.3 Å². The van der Waals surface area contributed by atoms with Crippen LogP contribution in [0.15, 0.2) is 36.5 Å². The molecule has 2 aromatic rings. The third kappa shape index (κ3) is 3.86. The lowest BCUT2D eigenvalue weighted by atomic mass is 10.0. The first-order valence-electron chi connectivity index (χ1n) is 6.67. The molecule has 0 spiro atoms. The van der Waals surface area contributed by atoms with Gasteiger partial charge in [0.25, 0.3) is 5.91 Å². The van der Waals surface area contributed by atoms with Crippen LogP contribution in [0.4, 0.5) is 0 Å². The zero-order valence-corrected chi connectivity index (χ0v) is 13.3. The van der Waals surface area contributed by atoms with Crippen LogP contribution in [-0.4, -0.2) is 38.8 Å². The van der Waals surface area contributed by atoms with E-state index < -0.39 is 5.54 Å². The molecular weight excluding hydrogens is 286 g/mol. The number of hydrogen-bond donors (Lipinski definition) is 0. The molecule has 112 valence electrons. The van der Waals surface area contributed by atoms with Crippen molar-refractivity contribution in [2.24, 2.45) is 0 Å². The van der Waals surface area contributed by atoms with Crippen molar-refractivity contribution in [3.8, 4) is 0 Å². The third-order valence-electron chi connectivity index (χ3n) is 3.24. The number of hydrogen-bond acceptors (Lipinski definition) is 5. The molecule has 0 atom stereocenters. The van der Waals surface area contributed by atoms with E-state index in [4.69, 9.17) is 4.74 Å². The zero-order chi connectivity index (χ0) is 15.3. The van der Waals surface area contributed by atoms with Crippen molar-refractivity contribution in [2.75, 3.05) is 13.7 Å². The van der Waals surface area contributed by atoms with E-state index in [-0.39, 0.29) is 5.91 Å². The van der Waals surface area contributed by atoms with Gasteiger partial charge in [-0.3, -0.25) is 4.79 Å². The smallest absolute Gasteiger partial charge is 0.276 e. The fourth-order valence-electron chi connectivity index (χ4n) is 2.16. The molecule has 0 aliphatic rings. The molecule has 21 heavy (non-hydrogen) atoms. The van der Waals surface area contributed by atoms with Crippen LogP contribution in [0.3, 0.4) is 0 Å². The Bertz CT molecular complexity index is 570. The highest BCUT2D eigenvalue weighted by Gasteiger charge is 2.32. The summed E-state index contributed by atoms with van der Waals surface area (Å²) in [6, 6.07) is 9.89. The number of ether oxygens (including phenoxy) is 1. The van der Waals surface area contributed by atoms with Crippen molar-refractivity contribution < 1.29 is 9.53 Å². The lowest BCUT2D eigenvalue weighted by Crippen LogP contribution is -2.50. The number of rotatable bonds is 6. The van der Waals surface area contributed by atoms with Crippen LogP contribution in [0, 0.1) is 0 Å². The SMILES string of the molecule is COCC(C)(C)N(Cc1ccccc1)C(=O)c1cnsn1. The van der Waals surface area contributed by atoms with E-state index in [0.29, 0.717) is 18.8 Å². The number of amides is 1. The maximum atomic E-state index is 12.7. The third-order valence-corrected chi connectivity index (χ3v) is 3.72. The molecule has 0 saturated carbocycles. The van der Waals surface area contributed by atoms with Crippen molar-refractivity contribution in [2.45, 2.75) is 25.9 Å². The molecule has 2 rings (SSSR count). The van der Waals surface area contributed by atoms with E-state index >= 15 is 0 Å². The van der Waals surface area contributed by atoms with E-state index in [0.717, 1.165) is 17.3 Å². The first-order valence-corrected chi connectivity index (χ1v) is 7.40. The van der Waals surface area contributed by atoms with Crippen molar-refractivity contribution in [3.63, 3.8) is 0 Å². The second kappa shape index (κ2) is 6.78. The van der Waals surface area contributed by atoms with Gasteiger partial charge in [0.15, 0.2) is 5.69 Å². The van der Waals surface area contributed by atoms with Gasteiger partial charge in [0, 0.05) is 13.7 Å². The lowest BCUT2D eigenvalue weighted by Gasteiger charge is -2.37. The van der Waals surface area contributed by atoms with E-state index in [1.54, 1.807) is 12.0 Å². The summed E-state index contributed by atoms with van der Waals surface area (Å²) >= 11 is 1.04. The lowest BCUT2D eigenvalue weighted by molar-refractivity contribution is 0.0227. The molecule has 0 radical (unpaired) electrons. The summed E-state index contributed by atoms with van der Waals surface area (Å²) in [6.07, 6.45) is 1.51. The van der Waals surface area contributed by atoms with Gasteiger partial charge in [-0.1, -0.05) is 30.3 Å². The zero-order valence-electron chi connectivity index (χ0n) is 12.4. The van der Waals surface area contributed by atoms with Crippen LogP contribution < -0.4 is 0 Å². The summed E-state index contributed by atoms with van der Waals surface area (Å²) < 4.78 is 13.2. The molecule has 0 aliphatic carbocycles. The highest BCUT2D eigenvalue weighted by Crippen LogP contribution is 2.21. The molecule has 5 nitrogen and oxygen atoms in total. The molecule has 1 amide bonds. The Hall–Kier alpha value is -1.79. The monoisotopic (exact) mass is 305 g/mol. The van der Waals surface area contributed by atoms with Gasteiger partial charge >= 0.3 is 0 Å². The second-order valence-corrected chi connectivity index (χ2v) is 5.97. The number of benzene rings is 1. The predicted molar refractivity (Wildman–Crippen MR) is 82.2 cm³/mol. The molecule has 0 bridgehead atoms. The molecule has 0 aliphatic heterocycles. The molecular formula is C15H19N3O2S. The first-order chi connectivity index (χ1) is 10.0. The van der Waals surface area contributed by atoms with Crippen molar-refractivity contribution >= 4 is 17.6 Å². The second-order valence-electron chi connectivity index (χ2n) is 5.42. The maximum Gasteiger partial charge on any atom is 0.276 e. The highest BCUT2D eigenvalue weighted by molar-refractivity contribution is 6.99. The number of carbonyl (C=O) groups excluding carboxylic acids is 1. The molecule has 0 saturated heterocycles. The summed E-state index contributed by atoms with van der Waals surface area (Å²) in [6.45, 7) is 4.92. The van der Waals surface area contributed by atoms with Crippen LogP contribution in [-0.2, 0) is 11.3 Å². The average Bonchev–Trinajstić information content (AvgIpc) is 2.99. The van der Waals surface area contributed by atoms with Gasteiger partial charge in [-0.05, 0) is 19.4 Å². The molecule has 1 aromatic carbocycles. The van der Waals surface area contributed by atoms with Crippen molar-refractivity contribution in [3.05, 3.63) is 47.8 Å². The quantitative estimate of drug-likeness (QED) is 0.823. The molecule has 0 unspecified atom stereocenters. The Kier molecular flexibility index (Phi) is 5.03. The summed E-state index contributed by atoms with van der Waals surface area (Å²) in [7, 11) is 1.64. The Labute approximate surface area is 128 Å². The standard InChI is InChI=1S/C15H19N3O2S/c1-15(2,11-20-3)18(10-12-7-5-4-6-8-12)14(19)13-9-16-21-17-13/h4-9H,10-11H2,1-3H3. The number of nitrogens with zero attached hydrogens (tertiary/aromatic N) is 3. The largest absolute Gasteiger partial charge is 0.382 e. The van der Waals surface area contributed by atoms with Gasteiger partial charge in [-0.15, -0.1) is 0 Å². The molecule has 1 heterocycles. The Morgan fingerprint density at radius 1 is 1.33 bits per heavy atom. The Morgan fingerprint density at radius 3 is 2.62 bits per heavy atom. The fourth-order valence-corrected chi connectivity index (χ4v) is 2.56. The van der Waals surface area contributed by atoms with Gasteiger partial charge in [-0.25, -0.2) is 0 Å². The van der Waals surface area contributed by atoms with Crippen molar-refractivity contribution in [1.29, 1.82) is 0 Å². The summed E-state index contributed by atoms with van der Waals surface area (Å²) in [5.41, 5.74) is 1.00. The predicted octanol–water partition coefficient (Wildman–Crippen LogP) is 2.61. The van der Waals surface area contributed by atoms with Gasteiger partial charge in [0.05, 0.1) is 30.1 Å². The van der Waals surface area contributed by atoms with Gasteiger partial charge in [0.1, 0.15) is 0 Å². The molecule has 6 heteroatoms. The number of methoxy groups -OCH3 is 1. The van der Waals surface area contributed by atoms with E-state index in [9.17, 15) is 4.79 Å². The van der Waals surface area contributed by atoms with Crippen molar-refractivity contribution in [1.82, 2.24) is 13.6 Å². The highest BCUT2D eigenvalue weighted by atomic mass is 32.1. The molecule has 0 fully saturated rings. The molecule has 1 aromatic heterocycles. The normalized spacial score (nSPS) is 11.4. The van der Waals surface area contributed by atoms with E-state index in [1.165, 1.54) is 6.20 Å². The Balaban J connectivity index is 2.28.